The topological polar surface area (TPSA) is 15.3 Å². The molecule has 2 unspecified atom stereocenters. The average Bonchev–Trinajstić information content (AvgIpc) is 2.95. The molecule has 118 valence electrons. The van der Waals surface area contributed by atoms with E-state index in [1.54, 1.807) is 6.07 Å². The number of hydrogen-bond donors (Lipinski definition) is 1. The van der Waals surface area contributed by atoms with Gasteiger partial charge in [0.05, 0.1) is 0 Å². The normalized spacial score (nSPS) is 20.1. The van der Waals surface area contributed by atoms with Gasteiger partial charge in [0.15, 0.2) is 0 Å². The SMILES string of the molecule is CCCCN(CC1CCCN1)C(C)c1ccc(F)cc1F. The van der Waals surface area contributed by atoms with Gasteiger partial charge in [-0.05, 0) is 45.3 Å². The van der Waals surface area contributed by atoms with E-state index in [4.69, 9.17) is 0 Å². The van der Waals surface area contributed by atoms with Gasteiger partial charge >= 0.3 is 0 Å². The van der Waals surface area contributed by atoms with Crippen molar-refractivity contribution in [1.29, 1.82) is 0 Å². The summed E-state index contributed by atoms with van der Waals surface area (Å²) in [4.78, 5) is 2.32. The number of rotatable bonds is 7. The number of halogens is 2. The Labute approximate surface area is 126 Å². The zero-order valence-electron chi connectivity index (χ0n) is 13.0. The summed E-state index contributed by atoms with van der Waals surface area (Å²) >= 11 is 0. The summed E-state index contributed by atoms with van der Waals surface area (Å²) in [6, 6.07) is 4.38. The van der Waals surface area contributed by atoms with E-state index in [1.165, 1.54) is 18.9 Å². The summed E-state index contributed by atoms with van der Waals surface area (Å²) in [5.74, 6) is -0.954. The van der Waals surface area contributed by atoms with Crippen LogP contribution in [0.2, 0.25) is 0 Å². The minimum Gasteiger partial charge on any atom is -0.313 e. The van der Waals surface area contributed by atoms with E-state index < -0.39 is 11.6 Å². The molecule has 0 bridgehead atoms. The molecule has 1 aromatic rings. The molecule has 1 N–H and O–H groups in total. The fourth-order valence-electron chi connectivity index (χ4n) is 3.04. The second kappa shape index (κ2) is 7.85. The average molecular weight is 296 g/mol. The van der Waals surface area contributed by atoms with Crippen LogP contribution in [0.25, 0.3) is 0 Å². The smallest absolute Gasteiger partial charge is 0.130 e. The quantitative estimate of drug-likeness (QED) is 0.821. The third-order valence-corrected chi connectivity index (χ3v) is 4.38. The van der Waals surface area contributed by atoms with E-state index in [0.29, 0.717) is 11.6 Å². The maximum atomic E-state index is 14.0. The molecule has 0 radical (unpaired) electrons. The molecule has 2 rings (SSSR count). The number of nitrogens with one attached hydrogen (secondary N) is 1. The van der Waals surface area contributed by atoms with Crippen molar-refractivity contribution in [2.45, 2.75) is 51.6 Å². The molecule has 0 amide bonds. The highest BCUT2D eigenvalue weighted by atomic mass is 19.1. The van der Waals surface area contributed by atoms with E-state index in [9.17, 15) is 8.78 Å². The van der Waals surface area contributed by atoms with Crippen LogP contribution in [0, 0.1) is 11.6 Å². The first-order chi connectivity index (χ1) is 10.1. The Morgan fingerprint density at radius 3 is 2.81 bits per heavy atom. The van der Waals surface area contributed by atoms with Crippen molar-refractivity contribution >= 4 is 0 Å². The lowest BCUT2D eigenvalue weighted by molar-refractivity contribution is 0.186. The van der Waals surface area contributed by atoms with Crippen LogP contribution in [-0.4, -0.2) is 30.6 Å². The van der Waals surface area contributed by atoms with Crippen LogP contribution in [-0.2, 0) is 0 Å². The maximum Gasteiger partial charge on any atom is 0.130 e. The zero-order chi connectivity index (χ0) is 15.2. The highest BCUT2D eigenvalue weighted by Gasteiger charge is 2.23. The maximum absolute atomic E-state index is 14.0. The largest absolute Gasteiger partial charge is 0.313 e. The zero-order valence-corrected chi connectivity index (χ0v) is 13.0. The van der Waals surface area contributed by atoms with Gasteiger partial charge in [-0.25, -0.2) is 8.78 Å². The van der Waals surface area contributed by atoms with Gasteiger partial charge in [0.1, 0.15) is 11.6 Å². The minimum atomic E-state index is -0.513. The highest BCUT2D eigenvalue weighted by molar-refractivity contribution is 5.21. The summed E-state index contributed by atoms with van der Waals surface area (Å²) < 4.78 is 27.1. The molecule has 1 saturated heterocycles. The molecule has 0 aromatic heterocycles. The molecule has 2 nitrogen and oxygen atoms in total. The van der Waals surface area contributed by atoms with E-state index in [-0.39, 0.29) is 6.04 Å². The van der Waals surface area contributed by atoms with Gasteiger partial charge in [-0.1, -0.05) is 19.4 Å². The Bertz CT molecular complexity index is 444. The molecular formula is C17H26F2N2. The van der Waals surface area contributed by atoms with Crippen molar-refractivity contribution in [2.24, 2.45) is 0 Å². The lowest BCUT2D eigenvalue weighted by atomic mass is 10.0. The van der Waals surface area contributed by atoms with Crippen LogP contribution >= 0.6 is 0 Å². The fraction of sp³-hybridized carbons (Fsp3) is 0.647. The molecule has 2 atom stereocenters. The van der Waals surface area contributed by atoms with Crippen molar-refractivity contribution in [3.8, 4) is 0 Å². The van der Waals surface area contributed by atoms with Crippen LogP contribution in [0.3, 0.4) is 0 Å². The van der Waals surface area contributed by atoms with Crippen molar-refractivity contribution in [3.63, 3.8) is 0 Å². The Morgan fingerprint density at radius 2 is 2.19 bits per heavy atom. The van der Waals surface area contributed by atoms with Gasteiger partial charge in [-0.15, -0.1) is 0 Å². The van der Waals surface area contributed by atoms with E-state index >= 15 is 0 Å². The number of unbranched alkanes of at least 4 members (excludes halogenated alkanes) is 1. The van der Waals surface area contributed by atoms with Crippen molar-refractivity contribution in [2.75, 3.05) is 19.6 Å². The number of nitrogens with zero attached hydrogens (tertiary/aromatic N) is 1. The predicted molar refractivity (Wildman–Crippen MR) is 82.3 cm³/mol. The number of benzene rings is 1. The summed E-state index contributed by atoms with van der Waals surface area (Å²) in [6.07, 6.45) is 4.61. The molecule has 0 aliphatic carbocycles. The third kappa shape index (κ3) is 4.48. The molecule has 1 aliphatic rings. The second-order valence-corrected chi connectivity index (χ2v) is 5.98. The van der Waals surface area contributed by atoms with Gasteiger partial charge in [0.2, 0.25) is 0 Å². The van der Waals surface area contributed by atoms with Gasteiger partial charge in [-0.2, -0.15) is 0 Å². The van der Waals surface area contributed by atoms with E-state index in [2.05, 4.69) is 17.1 Å². The molecule has 4 heteroatoms. The monoisotopic (exact) mass is 296 g/mol. The first-order valence-corrected chi connectivity index (χ1v) is 8.04. The summed E-state index contributed by atoms with van der Waals surface area (Å²) in [6.45, 7) is 7.13. The van der Waals surface area contributed by atoms with Crippen LogP contribution in [0.1, 0.15) is 51.1 Å². The van der Waals surface area contributed by atoms with Crippen molar-refractivity contribution in [3.05, 3.63) is 35.4 Å². The highest BCUT2D eigenvalue weighted by Crippen LogP contribution is 2.25. The van der Waals surface area contributed by atoms with Gasteiger partial charge in [0, 0.05) is 30.3 Å². The van der Waals surface area contributed by atoms with E-state index in [1.807, 2.05) is 6.92 Å². The number of hydrogen-bond acceptors (Lipinski definition) is 2. The summed E-state index contributed by atoms with van der Waals surface area (Å²) in [5, 5.41) is 3.50. The summed E-state index contributed by atoms with van der Waals surface area (Å²) in [7, 11) is 0. The van der Waals surface area contributed by atoms with Crippen LogP contribution in [0.4, 0.5) is 8.78 Å². The van der Waals surface area contributed by atoms with E-state index in [0.717, 1.165) is 38.5 Å². The Kier molecular flexibility index (Phi) is 6.12. The fourth-order valence-corrected chi connectivity index (χ4v) is 3.04. The molecule has 1 aliphatic heterocycles. The van der Waals surface area contributed by atoms with Gasteiger partial charge in [-0.3, -0.25) is 4.90 Å². The Balaban J connectivity index is 2.09. The van der Waals surface area contributed by atoms with Gasteiger partial charge < -0.3 is 5.32 Å². The third-order valence-electron chi connectivity index (χ3n) is 4.38. The predicted octanol–water partition coefficient (Wildman–Crippen LogP) is 3.88. The molecular weight excluding hydrogens is 270 g/mol. The van der Waals surface area contributed by atoms with Crippen LogP contribution < -0.4 is 5.32 Å². The summed E-state index contributed by atoms with van der Waals surface area (Å²) in [5.41, 5.74) is 0.588. The Morgan fingerprint density at radius 1 is 1.38 bits per heavy atom. The molecule has 0 spiro atoms. The lowest BCUT2D eigenvalue weighted by Crippen LogP contribution is -2.39. The van der Waals surface area contributed by atoms with Gasteiger partial charge in [0.25, 0.3) is 0 Å². The molecule has 0 saturated carbocycles. The van der Waals surface area contributed by atoms with Crippen LogP contribution in [0.15, 0.2) is 18.2 Å². The Hall–Kier alpha value is -1.00. The first-order valence-electron chi connectivity index (χ1n) is 8.04. The second-order valence-electron chi connectivity index (χ2n) is 5.98. The van der Waals surface area contributed by atoms with Crippen molar-refractivity contribution < 1.29 is 8.78 Å². The molecule has 21 heavy (non-hydrogen) atoms. The minimum absolute atomic E-state index is 0.0282. The standard InChI is InChI=1S/C17H26F2N2/c1-3-4-10-21(12-15-6-5-9-20-15)13(2)16-8-7-14(18)11-17(16)19/h7-8,11,13,15,20H,3-6,9-10,12H2,1-2H3. The first kappa shape index (κ1) is 16.4. The molecule has 1 aromatic carbocycles. The van der Waals surface area contributed by atoms with Crippen molar-refractivity contribution in [1.82, 2.24) is 10.2 Å². The molecule has 1 heterocycles. The van der Waals surface area contributed by atoms with Crippen LogP contribution in [0.5, 0.6) is 0 Å². The molecule has 1 fully saturated rings. The lowest BCUT2D eigenvalue weighted by Gasteiger charge is -2.32.